The third kappa shape index (κ3) is 3.44. The van der Waals surface area contributed by atoms with Crippen LogP contribution >= 0.6 is 0 Å². The lowest BCUT2D eigenvalue weighted by Crippen LogP contribution is -2.08. The van der Waals surface area contributed by atoms with Gasteiger partial charge in [-0.3, -0.25) is 0 Å². The van der Waals surface area contributed by atoms with E-state index in [-0.39, 0.29) is 13.4 Å². The molecule has 0 aliphatic carbocycles. The Morgan fingerprint density at radius 2 is 1.85 bits per heavy atom. The lowest BCUT2D eigenvalue weighted by molar-refractivity contribution is 0.0734. The zero-order valence-corrected chi connectivity index (χ0v) is 13.8. The molecular weight excluding hydrogens is 340 g/mol. The minimum absolute atomic E-state index is 0.164. The van der Waals surface area contributed by atoms with Crippen molar-refractivity contribution in [3.05, 3.63) is 59.7 Å². The summed E-state index contributed by atoms with van der Waals surface area (Å²) in [5.41, 5.74) is 0.394. The number of nitrogens with zero attached hydrogens (tertiary/aromatic N) is 2. The molecule has 1 aromatic heterocycles. The largest absolute Gasteiger partial charge is 0.485 e. The molecule has 4 rings (SSSR count). The first-order chi connectivity index (χ1) is 12.7. The lowest BCUT2D eigenvalue weighted by atomic mass is 10.2. The van der Waals surface area contributed by atoms with Crippen molar-refractivity contribution in [3.8, 4) is 23.0 Å². The molecule has 0 spiro atoms. The quantitative estimate of drug-likeness (QED) is 0.510. The normalized spacial score (nSPS) is 12.0. The van der Waals surface area contributed by atoms with E-state index >= 15 is 0 Å². The Hall–Kier alpha value is -3.55. The summed E-state index contributed by atoms with van der Waals surface area (Å²) in [7, 11) is 0. The van der Waals surface area contributed by atoms with Gasteiger partial charge in [-0.25, -0.2) is 4.79 Å². The van der Waals surface area contributed by atoms with E-state index < -0.39 is 5.97 Å². The number of ether oxygens (including phenoxy) is 4. The number of esters is 1. The first kappa shape index (κ1) is 15.9. The summed E-state index contributed by atoms with van der Waals surface area (Å²) < 4.78 is 26.2. The van der Waals surface area contributed by atoms with Gasteiger partial charge in [0, 0.05) is 13.0 Å². The van der Waals surface area contributed by atoms with Gasteiger partial charge in [0.25, 0.3) is 0 Å². The maximum absolute atomic E-state index is 12.2. The van der Waals surface area contributed by atoms with E-state index in [2.05, 4.69) is 10.1 Å². The number of carbonyl (C=O) groups is 1. The Morgan fingerprint density at radius 1 is 1.08 bits per heavy atom. The van der Waals surface area contributed by atoms with Crippen molar-refractivity contribution in [2.45, 2.75) is 13.5 Å². The number of aryl methyl sites for hydroxylation is 1. The summed E-state index contributed by atoms with van der Waals surface area (Å²) in [6.45, 7) is 2.05. The molecule has 2 aromatic carbocycles. The summed E-state index contributed by atoms with van der Waals surface area (Å²) in [5.74, 6) is 2.58. The van der Waals surface area contributed by atoms with E-state index in [4.69, 9.17) is 23.5 Å². The fourth-order valence-electron chi connectivity index (χ4n) is 2.34. The van der Waals surface area contributed by atoms with Crippen molar-refractivity contribution in [2.75, 3.05) is 6.79 Å². The molecule has 0 unspecified atom stereocenters. The molecule has 8 heteroatoms. The first-order valence-electron chi connectivity index (χ1n) is 7.81. The highest BCUT2D eigenvalue weighted by Gasteiger charge is 2.16. The van der Waals surface area contributed by atoms with Gasteiger partial charge in [0.15, 0.2) is 18.1 Å². The Bertz CT molecular complexity index is 935. The van der Waals surface area contributed by atoms with Crippen LogP contribution in [0.5, 0.6) is 23.0 Å². The summed E-state index contributed by atoms with van der Waals surface area (Å²) in [5, 5.41) is 3.74. The van der Waals surface area contributed by atoms with Crippen LogP contribution in [0.4, 0.5) is 0 Å². The van der Waals surface area contributed by atoms with Gasteiger partial charge in [0.2, 0.25) is 18.5 Å². The first-order valence-corrected chi connectivity index (χ1v) is 7.81. The van der Waals surface area contributed by atoms with Crippen LogP contribution < -0.4 is 18.9 Å². The van der Waals surface area contributed by atoms with Gasteiger partial charge in [0.05, 0.1) is 5.56 Å². The molecule has 2 heterocycles. The van der Waals surface area contributed by atoms with Gasteiger partial charge < -0.3 is 23.5 Å². The molecule has 1 aliphatic rings. The fraction of sp³-hybridized carbons (Fsp3) is 0.167. The summed E-state index contributed by atoms with van der Waals surface area (Å²) in [4.78, 5) is 16.3. The summed E-state index contributed by atoms with van der Waals surface area (Å²) in [6.07, 6.45) is 0. The van der Waals surface area contributed by atoms with E-state index in [0.29, 0.717) is 40.3 Å². The van der Waals surface area contributed by atoms with Gasteiger partial charge in [-0.2, -0.15) is 4.98 Å². The van der Waals surface area contributed by atoms with Crippen molar-refractivity contribution < 1.29 is 28.3 Å². The number of hydrogen-bond donors (Lipinski definition) is 0. The topological polar surface area (TPSA) is 92.9 Å². The predicted molar refractivity (Wildman–Crippen MR) is 87.3 cm³/mol. The third-order valence-electron chi connectivity index (χ3n) is 3.58. The standard InChI is InChI=1S/C18H14N2O6/c1-11-19-17(20-26-11)9-22-13-4-2-12(3-5-13)18(21)25-14-6-7-15-16(8-14)24-10-23-15/h2-8H,9-10H2,1H3. The molecule has 1 aliphatic heterocycles. The molecular formula is C18H14N2O6. The highest BCUT2D eigenvalue weighted by Crippen LogP contribution is 2.35. The van der Waals surface area contributed by atoms with Crippen LogP contribution in [0.2, 0.25) is 0 Å². The summed E-state index contributed by atoms with van der Waals surface area (Å²) >= 11 is 0. The van der Waals surface area contributed by atoms with E-state index in [1.807, 2.05) is 0 Å². The number of fused-ring (bicyclic) bond motifs is 1. The lowest BCUT2D eigenvalue weighted by Gasteiger charge is -2.07. The van der Waals surface area contributed by atoms with Crippen molar-refractivity contribution >= 4 is 5.97 Å². The van der Waals surface area contributed by atoms with Gasteiger partial charge in [-0.15, -0.1) is 0 Å². The molecule has 0 saturated carbocycles. The molecule has 0 fully saturated rings. The number of hydrogen-bond acceptors (Lipinski definition) is 8. The van der Waals surface area contributed by atoms with E-state index in [1.54, 1.807) is 49.4 Å². The molecule has 0 radical (unpaired) electrons. The molecule has 3 aromatic rings. The second-order valence-corrected chi connectivity index (χ2v) is 5.45. The molecule has 0 bridgehead atoms. The van der Waals surface area contributed by atoms with Gasteiger partial charge in [0.1, 0.15) is 11.5 Å². The van der Waals surface area contributed by atoms with Gasteiger partial charge in [-0.1, -0.05) is 5.16 Å². The van der Waals surface area contributed by atoms with Crippen LogP contribution in [-0.4, -0.2) is 22.9 Å². The molecule has 0 atom stereocenters. The van der Waals surface area contributed by atoms with Crippen LogP contribution in [0.3, 0.4) is 0 Å². The summed E-state index contributed by atoms with van der Waals surface area (Å²) in [6, 6.07) is 11.5. The van der Waals surface area contributed by atoms with Crippen LogP contribution in [0.25, 0.3) is 0 Å². The zero-order valence-electron chi connectivity index (χ0n) is 13.8. The van der Waals surface area contributed by atoms with Crippen molar-refractivity contribution in [1.82, 2.24) is 10.1 Å². The average Bonchev–Trinajstić information content (AvgIpc) is 3.28. The van der Waals surface area contributed by atoms with Crippen molar-refractivity contribution in [1.29, 1.82) is 0 Å². The maximum Gasteiger partial charge on any atom is 0.343 e. The number of benzene rings is 2. The molecule has 0 N–H and O–H groups in total. The smallest absolute Gasteiger partial charge is 0.343 e. The Kier molecular flexibility index (Phi) is 4.14. The zero-order chi connectivity index (χ0) is 17.9. The predicted octanol–water partition coefficient (Wildman–Crippen LogP) is 2.90. The monoisotopic (exact) mass is 354 g/mol. The Morgan fingerprint density at radius 3 is 2.62 bits per heavy atom. The van der Waals surface area contributed by atoms with Crippen LogP contribution in [0.1, 0.15) is 22.1 Å². The minimum Gasteiger partial charge on any atom is -0.485 e. The number of carbonyl (C=O) groups excluding carboxylic acids is 1. The van der Waals surface area contributed by atoms with Crippen molar-refractivity contribution in [2.24, 2.45) is 0 Å². The van der Waals surface area contributed by atoms with E-state index in [0.717, 1.165) is 0 Å². The van der Waals surface area contributed by atoms with Crippen LogP contribution in [-0.2, 0) is 6.61 Å². The second-order valence-electron chi connectivity index (χ2n) is 5.45. The molecule has 26 heavy (non-hydrogen) atoms. The number of rotatable bonds is 5. The minimum atomic E-state index is -0.482. The Labute approximate surface area is 148 Å². The van der Waals surface area contributed by atoms with Crippen LogP contribution in [0, 0.1) is 6.92 Å². The van der Waals surface area contributed by atoms with Crippen molar-refractivity contribution in [3.63, 3.8) is 0 Å². The molecule has 0 saturated heterocycles. The third-order valence-corrected chi connectivity index (χ3v) is 3.58. The highest BCUT2D eigenvalue weighted by atomic mass is 16.7. The SMILES string of the molecule is Cc1nc(COc2ccc(C(=O)Oc3ccc4c(c3)OCO4)cc2)no1. The van der Waals surface area contributed by atoms with Gasteiger partial charge >= 0.3 is 5.97 Å². The van der Waals surface area contributed by atoms with Gasteiger partial charge in [-0.05, 0) is 36.4 Å². The highest BCUT2D eigenvalue weighted by molar-refractivity contribution is 5.91. The van der Waals surface area contributed by atoms with E-state index in [9.17, 15) is 4.79 Å². The number of aromatic nitrogens is 2. The second kappa shape index (κ2) is 6.75. The molecule has 0 amide bonds. The Balaban J connectivity index is 1.37. The fourth-order valence-corrected chi connectivity index (χ4v) is 2.34. The molecule has 8 nitrogen and oxygen atoms in total. The van der Waals surface area contributed by atoms with Crippen LogP contribution in [0.15, 0.2) is 47.0 Å². The average molecular weight is 354 g/mol. The maximum atomic E-state index is 12.2. The van der Waals surface area contributed by atoms with E-state index in [1.165, 1.54) is 0 Å². The molecule has 132 valence electrons.